The molecule has 3 aromatic carbocycles. The van der Waals surface area contributed by atoms with Gasteiger partial charge in [-0.05, 0) is 48.5 Å². The highest BCUT2D eigenvalue weighted by Gasteiger charge is 2.12. The second-order valence-electron chi connectivity index (χ2n) is 6.64. The monoisotopic (exact) mass is 382 g/mol. The molecule has 2 N–H and O–H groups in total. The highest BCUT2D eigenvalue weighted by Crippen LogP contribution is 2.26. The Morgan fingerprint density at radius 1 is 0.862 bits per heavy atom. The van der Waals surface area contributed by atoms with Crippen LogP contribution in [0.5, 0.6) is 0 Å². The molecule has 0 atom stereocenters. The number of nitrogens with zero attached hydrogens (tertiary/aromatic N) is 2. The first kappa shape index (κ1) is 17.1. The van der Waals surface area contributed by atoms with Crippen molar-refractivity contribution in [1.29, 1.82) is 0 Å². The predicted molar refractivity (Wildman–Crippen MR) is 111 cm³/mol. The number of benzene rings is 3. The summed E-state index contributed by atoms with van der Waals surface area (Å²) in [6.45, 7) is 0. The lowest BCUT2D eigenvalue weighted by atomic mass is 10.1. The second-order valence-corrected chi connectivity index (χ2v) is 6.64. The number of para-hydroxylation sites is 3. The molecule has 5 nitrogen and oxygen atoms in total. The lowest BCUT2D eigenvalue weighted by Crippen LogP contribution is -2.12. The van der Waals surface area contributed by atoms with E-state index in [0.29, 0.717) is 28.3 Å². The maximum Gasteiger partial charge on any atom is 0.255 e. The number of anilines is 1. The fourth-order valence-electron chi connectivity index (χ4n) is 3.25. The van der Waals surface area contributed by atoms with Crippen LogP contribution >= 0.6 is 0 Å². The molecule has 0 saturated carbocycles. The third-order valence-electron chi connectivity index (χ3n) is 4.71. The van der Waals surface area contributed by atoms with Crippen molar-refractivity contribution in [2.24, 2.45) is 0 Å². The van der Waals surface area contributed by atoms with Crippen LogP contribution in [0.2, 0.25) is 0 Å². The summed E-state index contributed by atoms with van der Waals surface area (Å²) in [5.74, 6) is -0.0509. The molecule has 29 heavy (non-hydrogen) atoms. The first-order chi connectivity index (χ1) is 14.2. The second kappa shape index (κ2) is 6.83. The molecule has 0 aliphatic carbocycles. The van der Waals surface area contributed by atoms with Crippen LogP contribution in [0.1, 0.15) is 10.4 Å². The number of rotatable bonds is 3. The van der Waals surface area contributed by atoms with Gasteiger partial charge in [-0.3, -0.25) is 4.79 Å². The molecule has 0 aliphatic rings. The van der Waals surface area contributed by atoms with Gasteiger partial charge in [-0.15, -0.1) is 0 Å². The van der Waals surface area contributed by atoms with Crippen LogP contribution in [0.3, 0.4) is 0 Å². The Hall–Kier alpha value is -4.06. The van der Waals surface area contributed by atoms with Crippen LogP contribution in [0.4, 0.5) is 10.1 Å². The molecule has 0 radical (unpaired) electrons. The van der Waals surface area contributed by atoms with Gasteiger partial charge in [0.1, 0.15) is 11.5 Å². The van der Waals surface area contributed by atoms with E-state index in [4.69, 9.17) is 4.98 Å². The number of fused-ring (bicyclic) bond motifs is 2. The molecule has 2 aromatic heterocycles. The van der Waals surface area contributed by atoms with Crippen LogP contribution in [-0.4, -0.2) is 20.9 Å². The van der Waals surface area contributed by atoms with Gasteiger partial charge in [0, 0.05) is 10.9 Å². The Bertz CT molecular complexity index is 1330. The summed E-state index contributed by atoms with van der Waals surface area (Å²) >= 11 is 0. The van der Waals surface area contributed by atoms with Crippen molar-refractivity contribution in [3.8, 4) is 11.5 Å². The van der Waals surface area contributed by atoms with E-state index in [2.05, 4.69) is 15.3 Å². The smallest absolute Gasteiger partial charge is 0.255 e. The number of aromatic nitrogens is 3. The molecule has 0 fully saturated rings. The van der Waals surface area contributed by atoms with Crippen LogP contribution in [0.25, 0.3) is 33.5 Å². The SMILES string of the molecule is O=C(Nc1cccc2ccc(-c3nc4ccccc4[nH]3)nc12)c1ccc(F)cc1. The third-order valence-corrected chi connectivity index (χ3v) is 4.71. The number of hydrogen-bond donors (Lipinski definition) is 2. The Kier molecular flexibility index (Phi) is 4.02. The minimum absolute atomic E-state index is 0.326. The van der Waals surface area contributed by atoms with E-state index in [1.165, 1.54) is 24.3 Å². The minimum Gasteiger partial charge on any atom is -0.337 e. The summed E-state index contributed by atoms with van der Waals surface area (Å²) in [6, 6.07) is 22.6. The average Bonchev–Trinajstić information content (AvgIpc) is 3.18. The van der Waals surface area contributed by atoms with E-state index >= 15 is 0 Å². The first-order valence-corrected chi connectivity index (χ1v) is 9.09. The molecule has 6 heteroatoms. The van der Waals surface area contributed by atoms with Crippen molar-refractivity contribution in [2.45, 2.75) is 0 Å². The number of halogens is 1. The van der Waals surface area contributed by atoms with Crippen molar-refractivity contribution in [1.82, 2.24) is 15.0 Å². The Balaban J connectivity index is 1.54. The normalized spacial score (nSPS) is 11.1. The number of pyridine rings is 1. The molecule has 0 spiro atoms. The zero-order valence-electron chi connectivity index (χ0n) is 15.2. The predicted octanol–water partition coefficient (Wildman–Crippen LogP) is 5.17. The Morgan fingerprint density at radius 2 is 1.69 bits per heavy atom. The largest absolute Gasteiger partial charge is 0.337 e. The van der Waals surface area contributed by atoms with E-state index in [-0.39, 0.29) is 11.7 Å². The zero-order valence-corrected chi connectivity index (χ0v) is 15.2. The molecule has 0 saturated heterocycles. The molecule has 0 bridgehead atoms. The fraction of sp³-hybridized carbons (Fsp3) is 0. The van der Waals surface area contributed by atoms with Gasteiger partial charge in [-0.1, -0.05) is 30.3 Å². The summed E-state index contributed by atoms with van der Waals surface area (Å²) in [6.07, 6.45) is 0. The van der Waals surface area contributed by atoms with E-state index in [9.17, 15) is 9.18 Å². The maximum absolute atomic E-state index is 13.1. The van der Waals surface area contributed by atoms with Gasteiger partial charge in [0.05, 0.1) is 22.2 Å². The summed E-state index contributed by atoms with van der Waals surface area (Å²) in [4.78, 5) is 25.2. The number of H-pyrrole nitrogens is 1. The molecular formula is C23H15FN4O. The number of aromatic amines is 1. The molecule has 1 amide bonds. The van der Waals surface area contributed by atoms with Crippen LogP contribution in [-0.2, 0) is 0 Å². The van der Waals surface area contributed by atoms with Crippen molar-refractivity contribution in [3.63, 3.8) is 0 Å². The molecule has 140 valence electrons. The number of hydrogen-bond acceptors (Lipinski definition) is 3. The van der Waals surface area contributed by atoms with Crippen molar-refractivity contribution in [2.75, 3.05) is 5.32 Å². The number of carbonyl (C=O) groups excluding carboxylic acids is 1. The van der Waals surface area contributed by atoms with E-state index in [1.54, 1.807) is 6.07 Å². The average molecular weight is 382 g/mol. The van der Waals surface area contributed by atoms with E-state index in [0.717, 1.165) is 16.4 Å². The fourth-order valence-corrected chi connectivity index (χ4v) is 3.25. The van der Waals surface area contributed by atoms with Gasteiger partial charge in [-0.25, -0.2) is 14.4 Å². The lowest BCUT2D eigenvalue weighted by Gasteiger charge is -2.09. The topological polar surface area (TPSA) is 70.7 Å². The van der Waals surface area contributed by atoms with Gasteiger partial charge in [-0.2, -0.15) is 0 Å². The van der Waals surface area contributed by atoms with Gasteiger partial charge in [0.15, 0.2) is 5.82 Å². The maximum atomic E-state index is 13.1. The number of imidazole rings is 1. The summed E-state index contributed by atoms with van der Waals surface area (Å²) < 4.78 is 13.1. The standard InChI is InChI=1S/C23H15FN4O/c24-16-11-8-15(9-12-16)23(29)28-19-7-3-4-14-10-13-20(25-21(14)19)22-26-17-5-1-2-6-18(17)27-22/h1-13H,(H,26,27)(H,28,29). The summed E-state index contributed by atoms with van der Waals surface area (Å²) in [5.41, 5.74) is 4.08. The van der Waals surface area contributed by atoms with Crippen molar-refractivity contribution < 1.29 is 9.18 Å². The Morgan fingerprint density at radius 3 is 2.52 bits per heavy atom. The molecule has 0 unspecified atom stereocenters. The number of nitrogens with one attached hydrogen (secondary N) is 2. The molecule has 5 aromatic rings. The van der Waals surface area contributed by atoms with Crippen molar-refractivity contribution in [3.05, 3.63) is 90.2 Å². The summed E-state index contributed by atoms with van der Waals surface area (Å²) in [5, 5.41) is 3.76. The highest BCUT2D eigenvalue weighted by atomic mass is 19.1. The molecule has 2 heterocycles. The van der Waals surface area contributed by atoms with Gasteiger partial charge in [0.2, 0.25) is 0 Å². The quantitative estimate of drug-likeness (QED) is 0.452. The molecule has 0 aliphatic heterocycles. The van der Waals surface area contributed by atoms with E-state index < -0.39 is 0 Å². The van der Waals surface area contributed by atoms with Gasteiger partial charge in [0.25, 0.3) is 5.91 Å². The highest BCUT2D eigenvalue weighted by molar-refractivity contribution is 6.08. The number of amides is 1. The lowest BCUT2D eigenvalue weighted by molar-refractivity contribution is 0.102. The van der Waals surface area contributed by atoms with Crippen LogP contribution in [0, 0.1) is 5.82 Å². The van der Waals surface area contributed by atoms with Gasteiger partial charge < -0.3 is 10.3 Å². The molecular weight excluding hydrogens is 367 g/mol. The van der Waals surface area contributed by atoms with Gasteiger partial charge >= 0.3 is 0 Å². The van der Waals surface area contributed by atoms with Crippen molar-refractivity contribution >= 4 is 33.5 Å². The minimum atomic E-state index is -0.385. The first-order valence-electron chi connectivity index (χ1n) is 9.09. The Labute approximate surface area is 165 Å². The zero-order chi connectivity index (χ0) is 19.8. The number of carbonyl (C=O) groups is 1. The van der Waals surface area contributed by atoms with E-state index in [1.807, 2.05) is 48.5 Å². The van der Waals surface area contributed by atoms with Crippen LogP contribution < -0.4 is 5.32 Å². The third kappa shape index (κ3) is 3.21. The summed E-state index contributed by atoms with van der Waals surface area (Å²) in [7, 11) is 0. The van der Waals surface area contributed by atoms with Crippen LogP contribution in [0.15, 0.2) is 78.9 Å². The molecule has 5 rings (SSSR count).